The highest BCUT2D eigenvalue weighted by atomic mass is 16.5. The maximum Gasteiger partial charge on any atom is 0.224 e. The lowest BCUT2D eigenvalue weighted by atomic mass is 10.2. The molecule has 0 bridgehead atoms. The van der Waals surface area contributed by atoms with Crippen LogP contribution in [0.2, 0.25) is 0 Å². The third-order valence-corrected chi connectivity index (χ3v) is 3.97. The van der Waals surface area contributed by atoms with E-state index in [9.17, 15) is 0 Å². The van der Waals surface area contributed by atoms with Crippen molar-refractivity contribution in [3.63, 3.8) is 0 Å². The van der Waals surface area contributed by atoms with Crippen molar-refractivity contribution in [2.75, 3.05) is 36.9 Å². The van der Waals surface area contributed by atoms with E-state index in [-0.39, 0.29) is 5.95 Å². The predicted molar refractivity (Wildman–Crippen MR) is 90.5 cm³/mol. The summed E-state index contributed by atoms with van der Waals surface area (Å²) in [5.41, 5.74) is 9.50. The Kier molecular flexibility index (Phi) is 3.66. The van der Waals surface area contributed by atoms with Gasteiger partial charge in [0.25, 0.3) is 0 Å². The van der Waals surface area contributed by atoms with E-state index < -0.39 is 0 Å². The topological polar surface area (TPSA) is 103 Å². The summed E-state index contributed by atoms with van der Waals surface area (Å²) in [5.74, 6) is 0.892. The number of pyridine rings is 1. The number of nitrogens with zero attached hydrogens (tertiary/aromatic N) is 6. The summed E-state index contributed by atoms with van der Waals surface area (Å²) >= 11 is 0. The first-order valence-corrected chi connectivity index (χ1v) is 7.77. The van der Waals surface area contributed by atoms with Crippen LogP contribution in [0.5, 0.6) is 0 Å². The number of ether oxygens (including phenoxy) is 1. The molecule has 1 aliphatic heterocycles. The Balaban J connectivity index is 1.88. The van der Waals surface area contributed by atoms with Crippen LogP contribution >= 0.6 is 0 Å². The van der Waals surface area contributed by atoms with Crippen molar-refractivity contribution in [1.29, 1.82) is 0 Å². The van der Waals surface area contributed by atoms with Gasteiger partial charge in [0.05, 0.1) is 25.1 Å². The fourth-order valence-corrected chi connectivity index (χ4v) is 2.77. The van der Waals surface area contributed by atoms with Gasteiger partial charge >= 0.3 is 0 Å². The lowest BCUT2D eigenvalue weighted by molar-refractivity contribution is 0.122. The van der Waals surface area contributed by atoms with Crippen molar-refractivity contribution in [1.82, 2.24) is 24.9 Å². The zero-order chi connectivity index (χ0) is 16.5. The highest BCUT2D eigenvalue weighted by Crippen LogP contribution is 2.26. The molecule has 2 N–H and O–H groups in total. The number of aromatic nitrogens is 5. The van der Waals surface area contributed by atoms with E-state index in [1.54, 1.807) is 12.4 Å². The average molecular weight is 323 g/mol. The first-order chi connectivity index (χ1) is 11.7. The first kappa shape index (κ1) is 14.7. The quantitative estimate of drug-likeness (QED) is 0.750. The summed E-state index contributed by atoms with van der Waals surface area (Å²) in [6.45, 7) is 4.77. The number of rotatable bonds is 2. The summed E-state index contributed by atoms with van der Waals surface area (Å²) in [5, 5.41) is 0. The second kappa shape index (κ2) is 5.97. The highest BCUT2D eigenvalue weighted by molar-refractivity contribution is 5.85. The molecule has 0 radical (unpaired) electrons. The van der Waals surface area contributed by atoms with Crippen molar-refractivity contribution in [2.24, 2.45) is 0 Å². The Labute approximate surface area is 138 Å². The number of hydrogen-bond donors (Lipinski definition) is 1. The molecule has 24 heavy (non-hydrogen) atoms. The van der Waals surface area contributed by atoms with Crippen LogP contribution in [0, 0.1) is 6.92 Å². The molecule has 3 aromatic heterocycles. The molecule has 1 aliphatic rings. The second-order valence-electron chi connectivity index (χ2n) is 5.60. The van der Waals surface area contributed by atoms with Gasteiger partial charge in [0.2, 0.25) is 5.95 Å². The number of aryl methyl sites for hydroxylation is 1. The molecular formula is C16H17N7O. The first-order valence-electron chi connectivity index (χ1n) is 7.77. The molecule has 4 heterocycles. The number of anilines is 2. The highest BCUT2D eigenvalue weighted by Gasteiger charge is 2.19. The standard InChI is InChI=1S/C16H17N7O/c1-10-3-2-4-18-12(10)11-9-19-14-13(20-11)15(22-16(17)21-14)23-5-7-24-8-6-23/h2-4,9H,5-8H2,1H3,(H2,17,19,21,22). The Hall–Kier alpha value is -2.87. The largest absolute Gasteiger partial charge is 0.378 e. The van der Waals surface area contributed by atoms with E-state index in [1.165, 1.54) is 0 Å². The van der Waals surface area contributed by atoms with Gasteiger partial charge in [-0.15, -0.1) is 0 Å². The van der Waals surface area contributed by atoms with Gasteiger partial charge in [0, 0.05) is 19.3 Å². The molecule has 8 nitrogen and oxygen atoms in total. The molecule has 0 spiro atoms. The van der Waals surface area contributed by atoms with E-state index in [2.05, 4.69) is 24.8 Å². The fraction of sp³-hybridized carbons (Fsp3) is 0.312. The third-order valence-electron chi connectivity index (χ3n) is 3.97. The fourth-order valence-electron chi connectivity index (χ4n) is 2.77. The summed E-state index contributed by atoms with van der Waals surface area (Å²) in [6, 6.07) is 3.90. The number of morpholine rings is 1. The molecule has 122 valence electrons. The molecule has 0 unspecified atom stereocenters. The minimum absolute atomic E-state index is 0.194. The zero-order valence-electron chi connectivity index (χ0n) is 13.3. The normalized spacial score (nSPS) is 15.0. The minimum Gasteiger partial charge on any atom is -0.378 e. The Morgan fingerprint density at radius 3 is 2.75 bits per heavy atom. The molecule has 1 saturated heterocycles. The Bertz CT molecular complexity index is 893. The molecule has 0 aliphatic carbocycles. The van der Waals surface area contributed by atoms with E-state index in [0.29, 0.717) is 35.9 Å². The lowest BCUT2D eigenvalue weighted by Gasteiger charge is -2.28. The Morgan fingerprint density at radius 2 is 1.96 bits per heavy atom. The Morgan fingerprint density at radius 1 is 1.12 bits per heavy atom. The van der Waals surface area contributed by atoms with Crippen LogP contribution < -0.4 is 10.6 Å². The van der Waals surface area contributed by atoms with Crippen LogP contribution in [-0.4, -0.2) is 51.2 Å². The van der Waals surface area contributed by atoms with E-state index in [0.717, 1.165) is 24.3 Å². The van der Waals surface area contributed by atoms with Crippen LogP contribution in [0.3, 0.4) is 0 Å². The van der Waals surface area contributed by atoms with Crippen LogP contribution in [0.4, 0.5) is 11.8 Å². The van der Waals surface area contributed by atoms with Gasteiger partial charge in [0.15, 0.2) is 17.0 Å². The number of nitrogen functional groups attached to an aromatic ring is 1. The van der Waals surface area contributed by atoms with Crippen LogP contribution in [0.1, 0.15) is 5.56 Å². The van der Waals surface area contributed by atoms with E-state index in [1.807, 2.05) is 19.1 Å². The number of nitrogens with two attached hydrogens (primary N) is 1. The van der Waals surface area contributed by atoms with E-state index in [4.69, 9.17) is 15.5 Å². The third kappa shape index (κ3) is 2.61. The molecule has 4 rings (SSSR count). The van der Waals surface area contributed by atoms with Gasteiger partial charge in [-0.2, -0.15) is 9.97 Å². The van der Waals surface area contributed by atoms with Crippen LogP contribution in [0.15, 0.2) is 24.5 Å². The van der Waals surface area contributed by atoms with E-state index >= 15 is 0 Å². The summed E-state index contributed by atoms with van der Waals surface area (Å²) in [7, 11) is 0. The average Bonchev–Trinajstić information content (AvgIpc) is 2.62. The van der Waals surface area contributed by atoms with Crippen molar-refractivity contribution >= 4 is 22.9 Å². The van der Waals surface area contributed by atoms with Gasteiger partial charge in [-0.25, -0.2) is 9.97 Å². The van der Waals surface area contributed by atoms with Gasteiger partial charge in [-0.1, -0.05) is 6.07 Å². The summed E-state index contributed by atoms with van der Waals surface area (Å²) in [4.78, 5) is 24.3. The van der Waals surface area contributed by atoms with Crippen molar-refractivity contribution in [3.8, 4) is 11.4 Å². The molecule has 0 atom stereocenters. The SMILES string of the molecule is Cc1cccnc1-c1cnc2nc(N)nc(N3CCOCC3)c2n1. The molecule has 1 fully saturated rings. The van der Waals surface area contributed by atoms with Gasteiger partial charge < -0.3 is 15.4 Å². The predicted octanol–water partition coefficient (Wildman–Crippen LogP) is 1.21. The van der Waals surface area contributed by atoms with Crippen LogP contribution in [-0.2, 0) is 4.74 Å². The van der Waals surface area contributed by atoms with Gasteiger partial charge in [-0.3, -0.25) is 4.98 Å². The number of fused-ring (bicyclic) bond motifs is 1. The number of hydrogen-bond acceptors (Lipinski definition) is 8. The zero-order valence-corrected chi connectivity index (χ0v) is 13.3. The lowest BCUT2D eigenvalue weighted by Crippen LogP contribution is -2.37. The smallest absolute Gasteiger partial charge is 0.224 e. The van der Waals surface area contributed by atoms with Crippen LogP contribution in [0.25, 0.3) is 22.6 Å². The van der Waals surface area contributed by atoms with Crippen molar-refractivity contribution in [3.05, 3.63) is 30.1 Å². The maximum atomic E-state index is 5.84. The molecule has 8 heteroatoms. The van der Waals surface area contributed by atoms with Gasteiger partial charge in [-0.05, 0) is 18.6 Å². The molecule has 0 aromatic carbocycles. The minimum atomic E-state index is 0.194. The molecule has 0 amide bonds. The second-order valence-corrected chi connectivity index (χ2v) is 5.60. The monoisotopic (exact) mass is 323 g/mol. The van der Waals surface area contributed by atoms with Crippen molar-refractivity contribution < 1.29 is 4.74 Å². The maximum absolute atomic E-state index is 5.84. The molecule has 3 aromatic rings. The summed E-state index contributed by atoms with van der Waals surface area (Å²) in [6.07, 6.45) is 3.42. The molecular weight excluding hydrogens is 306 g/mol. The van der Waals surface area contributed by atoms with Crippen molar-refractivity contribution in [2.45, 2.75) is 6.92 Å². The summed E-state index contributed by atoms with van der Waals surface area (Å²) < 4.78 is 5.41. The van der Waals surface area contributed by atoms with Gasteiger partial charge in [0.1, 0.15) is 5.69 Å². The molecule has 0 saturated carbocycles.